The summed E-state index contributed by atoms with van der Waals surface area (Å²) < 4.78 is 4.77. The summed E-state index contributed by atoms with van der Waals surface area (Å²) in [5.41, 5.74) is 6.39. The maximum absolute atomic E-state index is 11.2. The van der Waals surface area contributed by atoms with Gasteiger partial charge in [0.05, 0.1) is 6.61 Å². The van der Waals surface area contributed by atoms with Crippen molar-refractivity contribution in [1.29, 1.82) is 0 Å². The number of aryl methyl sites for hydroxylation is 1. The third-order valence-corrected chi connectivity index (χ3v) is 1.45. The molecule has 0 aliphatic carbocycles. The Bertz CT molecular complexity index is 278. The summed E-state index contributed by atoms with van der Waals surface area (Å²) in [4.78, 5) is 11.2. The molecule has 0 saturated carbocycles. The Kier molecular flexibility index (Phi) is 4.27. The van der Waals surface area contributed by atoms with Crippen molar-refractivity contribution in [3.63, 3.8) is 0 Å². The molecule has 3 N–H and O–H groups in total. The summed E-state index contributed by atoms with van der Waals surface area (Å²) in [5, 5.41) is 6.27. The molecule has 1 rings (SSSR count). The van der Waals surface area contributed by atoms with E-state index < -0.39 is 5.97 Å². The van der Waals surface area contributed by atoms with Gasteiger partial charge in [-0.1, -0.05) is 0 Å². The zero-order valence-electron chi connectivity index (χ0n) is 7.46. The Morgan fingerprint density at radius 2 is 2.31 bits per heavy atom. The van der Waals surface area contributed by atoms with E-state index in [2.05, 4.69) is 10.2 Å². The molecule has 0 unspecified atom stereocenters. The summed E-state index contributed by atoms with van der Waals surface area (Å²) in [5.74, 6) is -0.243. The number of aromatic amines is 1. The van der Waals surface area contributed by atoms with E-state index in [-0.39, 0.29) is 18.2 Å². The largest absolute Gasteiger partial charge is 0.462 e. The summed E-state index contributed by atoms with van der Waals surface area (Å²) in [6, 6.07) is 0. The monoisotopic (exact) mass is 205 g/mol. The summed E-state index contributed by atoms with van der Waals surface area (Å²) >= 11 is 0. The van der Waals surface area contributed by atoms with Crippen LogP contribution in [0.15, 0.2) is 0 Å². The summed E-state index contributed by atoms with van der Waals surface area (Å²) in [7, 11) is 0. The van der Waals surface area contributed by atoms with Crippen LogP contribution in [0.3, 0.4) is 0 Å². The van der Waals surface area contributed by atoms with Gasteiger partial charge in [-0.15, -0.1) is 12.4 Å². The molecule has 0 aliphatic heterocycles. The van der Waals surface area contributed by atoms with Crippen molar-refractivity contribution in [1.82, 2.24) is 10.2 Å². The number of H-pyrrole nitrogens is 1. The molecule has 13 heavy (non-hydrogen) atoms. The molecule has 6 heteroatoms. The second-order valence-corrected chi connectivity index (χ2v) is 2.33. The van der Waals surface area contributed by atoms with Gasteiger partial charge < -0.3 is 10.5 Å². The number of esters is 1. The number of nitrogens with one attached hydrogen (secondary N) is 1. The van der Waals surface area contributed by atoms with E-state index in [4.69, 9.17) is 10.5 Å². The fourth-order valence-corrected chi connectivity index (χ4v) is 0.909. The molecule has 0 fully saturated rings. The molecular formula is C7H12ClN3O2. The average Bonchev–Trinajstić information content (AvgIpc) is 2.32. The van der Waals surface area contributed by atoms with Crippen LogP contribution in [0.4, 0.5) is 5.82 Å². The van der Waals surface area contributed by atoms with E-state index in [9.17, 15) is 4.79 Å². The highest BCUT2D eigenvalue weighted by Gasteiger charge is 2.16. The van der Waals surface area contributed by atoms with Crippen LogP contribution in [0.2, 0.25) is 0 Å². The Labute approximate surface area is 82.1 Å². The third-order valence-electron chi connectivity index (χ3n) is 1.45. The van der Waals surface area contributed by atoms with E-state index in [0.29, 0.717) is 17.9 Å². The van der Waals surface area contributed by atoms with Crippen LogP contribution in [0.25, 0.3) is 0 Å². The maximum Gasteiger partial charge on any atom is 0.343 e. The van der Waals surface area contributed by atoms with Gasteiger partial charge in [0.2, 0.25) is 0 Å². The van der Waals surface area contributed by atoms with Gasteiger partial charge in [-0.25, -0.2) is 4.79 Å². The van der Waals surface area contributed by atoms with Gasteiger partial charge in [-0.3, -0.25) is 5.10 Å². The number of hydrogen-bond donors (Lipinski definition) is 2. The van der Waals surface area contributed by atoms with Crippen LogP contribution in [0, 0.1) is 6.92 Å². The van der Waals surface area contributed by atoms with Crippen LogP contribution in [-0.4, -0.2) is 22.8 Å². The number of anilines is 1. The second kappa shape index (κ2) is 4.71. The Morgan fingerprint density at radius 3 is 2.69 bits per heavy atom. The van der Waals surface area contributed by atoms with Crippen molar-refractivity contribution in [2.75, 3.05) is 12.3 Å². The van der Waals surface area contributed by atoms with Gasteiger partial charge in [-0.2, -0.15) is 5.10 Å². The highest BCUT2D eigenvalue weighted by Crippen LogP contribution is 2.12. The number of carbonyl (C=O) groups excluding carboxylic acids is 1. The fraction of sp³-hybridized carbons (Fsp3) is 0.429. The van der Waals surface area contributed by atoms with Crippen LogP contribution >= 0.6 is 12.4 Å². The first-order valence-electron chi connectivity index (χ1n) is 3.64. The van der Waals surface area contributed by atoms with Crippen molar-refractivity contribution in [3.05, 3.63) is 11.3 Å². The van der Waals surface area contributed by atoms with Crippen molar-refractivity contribution in [2.24, 2.45) is 0 Å². The molecule has 0 bridgehead atoms. The lowest BCUT2D eigenvalue weighted by Crippen LogP contribution is -2.07. The van der Waals surface area contributed by atoms with Gasteiger partial charge in [-0.05, 0) is 13.8 Å². The van der Waals surface area contributed by atoms with Gasteiger partial charge in [0, 0.05) is 5.69 Å². The highest BCUT2D eigenvalue weighted by molar-refractivity contribution is 5.95. The predicted octanol–water partition coefficient (Wildman–Crippen LogP) is 0.899. The molecule has 5 nitrogen and oxygen atoms in total. The molecule has 1 aromatic rings. The standard InChI is InChI=1S/C7H11N3O2.ClH/c1-3-12-7(11)5-4(2)9-10-6(5)8;/h3H2,1-2H3,(H3,8,9,10);1H. The maximum atomic E-state index is 11.2. The van der Waals surface area contributed by atoms with Crippen LogP contribution in [0.1, 0.15) is 23.0 Å². The minimum absolute atomic E-state index is 0. The molecule has 0 radical (unpaired) electrons. The van der Waals surface area contributed by atoms with E-state index in [1.165, 1.54) is 0 Å². The third kappa shape index (κ3) is 2.35. The molecule has 1 aromatic heterocycles. The number of aromatic nitrogens is 2. The molecular weight excluding hydrogens is 194 g/mol. The second-order valence-electron chi connectivity index (χ2n) is 2.33. The number of ether oxygens (including phenoxy) is 1. The number of carbonyl (C=O) groups is 1. The van der Waals surface area contributed by atoms with Crippen molar-refractivity contribution in [3.8, 4) is 0 Å². The van der Waals surface area contributed by atoms with Crippen LogP contribution in [0.5, 0.6) is 0 Å². The lowest BCUT2D eigenvalue weighted by Gasteiger charge is -1.99. The Morgan fingerprint density at radius 1 is 1.69 bits per heavy atom. The normalized spacial score (nSPS) is 9.08. The first kappa shape index (κ1) is 11.8. The molecule has 0 aromatic carbocycles. The number of nitrogens with zero attached hydrogens (tertiary/aromatic N) is 1. The van der Waals surface area contributed by atoms with Gasteiger partial charge in [0.25, 0.3) is 0 Å². The average molecular weight is 206 g/mol. The minimum Gasteiger partial charge on any atom is -0.462 e. The molecule has 0 spiro atoms. The fourth-order valence-electron chi connectivity index (χ4n) is 0.909. The first-order chi connectivity index (χ1) is 5.66. The van der Waals surface area contributed by atoms with E-state index in [1.807, 2.05) is 0 Å². The lowest BCUT2D eigenvalue weighted by molar-refractivity contribution is 0.0527. The van der Waals surface area contributed by atoms with Crippen molar-refractivity contribution in [2.45, 2.75) is 13.8 Å². The number of nitrogens with two attached hydrogens (primary N) is 1. The zero-order valence-corrected chi connectivity index (χ0v) is 8.27. The summed E-state index contributed by atoms with van der Waals surface area (Å²) in [6.45, 7) is 3.79. The van der Waals surface area contributed by atoms with Gasteiger partial charge >= 0.3 is 5.97 Å². The molecule has 0 amide bonds. The molecule has 0 aliphatic rings. The van der Waals surface area contributed by atoms with E-state index in [1.54, 1.807) is 13.8 Å². The lowest BCUT2D eigenvalue weighted by atomic mass is 10.2. The molecule has 1 heterocycles. The van der Waals surface area contributed by atoms with E-state index in [0.717, 1.165) is 0 Å². The van der Waals surface area contributed by atoms with Gasteiger partial charge in [0.1, 0.15) is 5.56 Å². The minimum atomic E-state index is -0.429. The quantitative estimate of drug-likeness (QED) is 0.703. The number of rotatable bonds is 2. The van der Waals surface area contributed by atoms with Crippen molar-refractivity contribution >= 4 is 24.2 Å². The van der Waals surface area contributed by atoms with Crippen LogP contribution in [-0.2, 0) is 4.74 Å². The summed E-state index contributed by atoms with van der Waals surface area (Å²) in [6.07, 6.45) is 0. The Hall–Kier alpha value is -1.23. The molecule has 0 atom stereocenters. The van der Waals surface area contributed by atoms with Gasteiger partial charge in [0.15, 0.2) is 5.82 Å². The highest BCUT2D eigenvalue weighted by atomic mass is 35.5. The number of nitrogen functional groups attached to an aromatic ring is 1. The Balaban J connectivity index is 0.00000144. The number of hydrogen-bond acceptors (Lipinski definition) is 4. The SMILES string of the molecule is CCOC(=O)c1c(N)n[nH]c1C.Cl. The topological polar surface area (TPSA) is 81.0 Å². The predicted molar refractivity (Wildman–Crippen MR) is 50.9 cm³/mol. The molecule has 0 saturated heterocycles. The number of halogens is 1. The van der Waals surface area contributed by atoms with E-state index >= 15 is 0 Å². The zero-order chi connectivity index (χ0) is 9.14. The first-order valence-corrected chi connectivity index (χ1v) is 3.64. The van der Waals surface area contributed by atoms with Crippen molar-refractivity contribution < 1.29 is 9.53 Å². The smallest absolute Gasteiger partial charge is 0.343 e. The molecule has 74 valence electrons. The van der Waals surface area contributed by atoms with Crippen LogP contribution < -0.4 is 5.73 Å².